The van der Waals surface area contributed by atoms with E-state index in [9.17, 15) is 19.5 Å². The second-order valence-electron chi connectivity index (χ2n) is 9.30. The predicted octanol–water partition coefficient (Wildman–Crippen LogP) is 7.34. The number of nitrogens with zero attached hydrogens (tertiary/aromatic N) is 1. The van der Waals surface area contributed by atoms with Crippen molar-refractivity contribution in [3.63, 3.8) is 0 Å². The van der Waals surface area contributed by atoms with Gasteiger partial charge in [0.2, 0.25) is 0 Å². The van der Waals surface area contributed by atoms with Crippen LogP contribution in [0.5, 0.6) is 0 Å². The van der Waals surface area contributed by atoms with E-state index in [4.69, 9.17) is 13.8 Å². The topological polar surface area (TPSA) is 117 Å². The van der Waals surface area contributed by atoms with Crippen molar-refractivity contribution in [1.82, 2.24) is 5.32 Å². The highest BCUT2D eigenvalue weighted by molar-refractivity contribution is 7.58. The average molecular weight is 537 g/mol. The Morgan fingerprint density at radius 2 is 1.62 bits per heavy atom. The van der Waals surface area contributed by atoms with Crippen LogP contribution in [0.2, 0.25) is 0 Å². The van der Waals surface area contributed by atoms with E-state index >= 15 is 0 Å². The molecule has 1 N–H and O–H groups in total. The van der Waals surface area contributed by atoms with E-state index in [1.165, 1.54) is 19.2 Å². The van der Waals surface area contributed by atoms with Crippen LogP contribution in [0, 0.1) is 10.1 Å². The van der Waals surface area contributed by atoms with Crippen LogP contribution in [0.25, 0.3) is 0 Å². The van der Waals surface area contributed by atoms with Gasteiger partial charge in [-0.05, 0) is 45.1 Å². The molecule has 2 rings (SSSR count). The van der Waals surface area contributed by atoms with Crippen molar-refractivity contribution in [2.45, 2.75) is 98.2 Å². The minimum absolute atomic E-state index is 0.138. The number of dihydropyridines is 1. The molecule has 9 nitrogen and oxygen atoms in total. The van der Waals surface area contributed by atoms with Crippen molar-refractivity contribution in [1.29, 1.82) is 0 Å². The van der Waals surface area contributed by atoms with Gasteiger partial charge >= 0.3 is 13.6 Å². The zero-order valence-electron chi connectivity index (χ0n) is 23.0. The molecule has 0 bridgehead atoms. The Morgan fingerprint density at radius 1 is 1.05 bits per heavy atom. The van der Waals surface area contributed by atoms with Crippen molar-refractivity contribution in [3.05, 3.63) is 62.2 Å². The molecule has 0 aromatic heterocycles. The van der Waals surface area contributed by atoms with E-state index in [0.717, 1.165) is 12.8 Å². The third kappa shape index (κ3) is 7.30. The molecule has 10 heteroatoms. The lowest BCUT2D eigenvalue weighted by Gasteiger charge is -2.37. The molecule has 0 saturated carbocycles. The summed E-state index contributed by atoms with van der Waals surface area (Å²) in [6, 6.07) is 6.02. The molecule has 3 unspecified atom stereocenters. The second-order valence-corrected chi connectivity index (χ2v) is 11.2. The highest BCUT2D eigenvalue weighted by Crippen LogP contribution is 2.66. The quantitative estimate of drug-likeness (QED) is 0.114. The summed E-state index contributed by atoms with van der Waals surface area (Å²) in [6.07, 6.45) is 3.66. The standard InChI is InChI=1S/C27H41N2O7P/c1-8-13-22(10-3)35-37(33,36-23(11-4)14-9-2)26-19(6)28-18(5)24(27(30)34-7)25(26)20-15-12-16-21(17-20)29(31)32/h12,15-17,22-23,25,28H,8-11,13-14H2,1-7H3. The van der Waals surface area contributed by atoms with E-state index in [0.29, 0.717) is 42.6 Å². The average Bonchev–Trinajstić information content (AvgIpc) is 2.87. The maximum absolute atomic E-state index is 15.0. The summed E-state index contributed by atoms with van der Waals surface area (Å²) in [5.74, 6) is -1.54. The maximum Gasteiger partial charge on any atom is 0.360 e. The monoisotopic (exact) mass is 536 g/mol. The first-order valence-electron chi connectivity index (χ1n) is 13.0. The summed E-state index contributed by atoms with van der Waals surface area (Å²) in [4.78, 5) is 24.2. The smallest absolute Gasteiger partial charge is 0.360 e. The number of ether oxygens (including phenoxy) is 1. The molecule has 1 aromatic rings. The van der Waals surface area contributed by atoms with Crippen LogP contribution in [-0.2, 0) is 23.1 Å². The van der Waals surface area contributed by atoms with Crippen LogP contribution in [0.1, 0.15) is 91.5 Å². The lowest BCUT2D eigenvalue weighted by atomic mass is 9.86. The summed E-state index contributed by atoms with van der Waals surface area (Å²) < 4.78 is 32.8. The van der Waals surface area contributed by atoms with Crippen LogP contribution >= 0.6 is 7.60 Å². The molecule has 206 valence electrons. The van der Waals surface area contributed by atoms with E-state index in [1.54, 1.807) is 26.0 Å². The van der Waals surface area contributed by atoms with Crippen molar-refractivity contribution in [3.8, 4) is 0 Å². The summed E-state index contributed by atoms with van der Waals surface area (Å²) in [6.45, 7) is 11.5. The number of hydrogen-bond acceptors (Lipinski definition) is 8. The molecule has 0 radical (unpaired) electrons. The van der Waals surface area contributed by atoms with Crippen LogP contribution < -0.4 is 5.32 Å². The molecule has 0 amide bonds. The fraction of sp³-hybridized carbons (Fsp3) is 0.593. The number of nitro groups is 1. The molecule has 1 aliphatic heterocycles. The lowest BCUT2D eigenvalue weighted by Crippen LogP contribution is -2.30. The fourth-order valence-corrected chi connectivity index (χ4v) is 7.34. The molecule has 0 spiro atoms. The molecular weight excluding hydrogens is 495 g/mol. The minimum Gasteiger partial charge on any atom is -0.466 e. The van der Waals surface area contributed by atoms with E-state index < -0.39 is 24.4 Å². The normalized spacial score (nSPS) is 19.2. The Labute approximate surface area is 220 Å². The van der Waals surface area contributed by atoms with Crippen LogP contribution in [0.4, 0.5) is 5.69 Å². The number of hydrogen-bond donors (Lipinski definition) is 1. The van der Waals surface area contributed by atoms with Gasteiger partial charge in [0.05, 0.1) is 41.0 Å². The Hall–Kier alpha value is -2.48. The number of carbonyl (C=O) groups is 1. The van der Waals surface area contributed by atoms with E-state index in [2.05, 4.69) is 5.32 Å². The molecule has 0 fully saturated rings. The van der Waals surface area contributed by atoms with Gasteiger partial charge in [-0.3, -0.25) is 14.7 Å². The largest absolute Gasteiger partial charge is 0.466 e. The third-order valence-electron chi connectivity index (χ3n) is 6.55. The highest BCUT2D eigenvalue weighted by Gasteiger charge is 2.46. The first-order valence-corrected chi connectivity index (χ1v) is 14.6. The van der Waals surface area contributed by atoms with Gasteiger partial charge in [-0.25, -0.2) is 4.79 Å². The van der Waals surface area contributed by atoms with Gasteiger partial charge in [0.15, 0.2) is 0 Å². The zero-order chi connectivity index (χ0) is 27.8. The van der Waals surface area contributed by atoms with Crippen LogP contribution in [0.3, 0.4) is 0 Å². The molecule has 0 aliphatic carbocycles. The van der Waals surface area contributed by atoms with Crippen molar-refractivity contribution in [2.24, 2.45) is 0 Å². The van der Waals surface area contributed by atoms with Crippen molar-refractivity contribution < 1.29 is 28.1 Å². The molecule has 1 aromatic carbocycles. The molecule has 1 heterocycles. The first kappa shape index (κ1) is 30.7. The number of non-ortho nitro benzene ring substituents is 1. The number of benzene rings is 1. The van der Waals surface area contributed by atoms with E-state index in [-0.39, 0.29) is 28.8 Å². The van der Waals surface area contributed by atoms with Gasteiger partial charge in [0.1, 0.15) is 0 Å². The number of rotatable bonds is 14. The number of methoxy groups -OCH3 is 1. The molecular formula is C27H41N2O7P. The van der Waals surface area contributed by atoms with Gasteiger partial charge in [0, 0.05) is 23.5 Å². The minimum atomic E-state index is -4.02. The number of nitrogens with one attached hydrogen (secondary N) is 1. The summed E-state index contributed by atoms with van der Waals surface area (Å²) >= 11 is 0. The predicted molar refractivity (Wildman–Crippen MR) is 144 cm³/mol. The Bertz CT molecular complexity index is 1060. The van der Waals surface area contributed by atoms with Crippen LogP contribution in [-0.4, -0.2) is 30.2 Å². The Balaban J connectivity index is 2.84. The van der Waals surface area contributed by atoms with Crippen molar-refractivity contribution >= 4 is 19.3 Å². The zero-order valence-corrected chi connectivity index (χ0v) is 23.9. The molecule has 3 atom stereocenters. The third-order valence-corrected chi connectivity index (χ3v) is 8.88. The molecule has 1 aliphatic rings. The van der Waals surface area contributed by atoms with Gasteiger partial charge in [-0.2, -0.15) is 0 Å². The van der Waals surface area contributed by atoms with Crippen LogP contribution in [0.15, 0.2) is 46.5 Å². The summed E-state index contributed by atoms with van der Waals surface area (Å²) in [5.41, 5.74) is 1.55. The number of esters is 1. The van der Waals surface area contributed by atoms with Crippen molar-refractivity contribution in [2.75, 3.05) is 7.11 Å². The number of allylic oxidation sites excluding steroid dienone is 3. The van der Waals surface area contributed by atoms with Gasteiger partial charge in [-0.15, -0.1) is 0 Å². The van der Waals surface area contributed by atoms with Gasteiger partial charge in [-0.1, -0.05) is 52.7 Å². The lowest BCUT2D eigenvalue weighted by molar-refractivity contribution is -0.384. The molecule has 37 heavy (non-hydrogen) atoms. The fourth-order valence-electron chi connectivity index (χ4n) is 4.71. The SMILES string of the molecule is CCCC(CC)OP(=O)(OC(CC)CCC)C1=C(C)NC(C)=C(C(=O)OC)C1c1cccc([N+](=O)[O-])c1. The van der Waals surface area contributed by atoms with Gasteiger partial charge in [0.25, 0.3) is 5.69 Å². The van der Waals surface area contributed by atoms with Gasteiger partial charge < -0.3 is 19.1 Å². The highest BCUT2D eigenvalue weighted by atomic mass is 31.2. The maximum atomic E-state index is 15.0. The second kappa shape index (κ2) is 13.9. The number of carbonyl (C=O) groups excluding carboxylic acids is 1. The molecule has 0 saturated heterocycles. The summed E-state index contributed by atoms with van der Waals surface area (Å²) in [7, 11) is -2.75. The first-order chi connectivity index (χ1) is 17.6. The Morgan fingerprint density at radius 3 is 2.08 bits per heavy atom. The summed E-state index contributed by atoms with van der Waals surface area (Å²) in [5, 5.41) is 15.1. The van der Waals surface area contributed by atoms with E-state index in [1.807, 2.05) is 27.7 Å². The Kier molecular flexibility index (Phi) is 11.5. The number of nitro benzene ring substituents is 1.